The van der Waals surface area contributed by atoms with Gasteiger partial charge in [-0.1, -0.05) is 0 Å². The highest BCUT2D eigenvalue weighted by atomic mass is 32.2. The standard InChI is InChI=1S/C14H18N2O4S/c17-13(18)10-20-12-4-2-11(3-5-12)15-14(19)16-6-1-8-21-9-7-16/h2-5H,1,6-10H2,(H,15,19)(H,17,18). The number of nitrogens with zero attached hydrogens (tertiary/aromatic N) is 1. The molecule has 0 spiro atoms. The Labute approximate surface area is 127 Å². The van der Waals surface area contributed by atoms with E-state index in [4.69, 9.17) is 9.84 Å². The third kappa shape index (κ3) is 5.18. The zero-order valence-electron chi connectivity index (χ0n) is 11.6. The quantitative estimate of drug-likeness (QED) is 0.890. The molecule has 1 heterocycles. The summed E-state index contributed by atoms with van der Waals surface area (Å²) in [5.41, 5.74) is 0.666. The fraction of sp³-hybridized carbons (Fsp3) is 0.429. The van der Waals surface area contributed by atoms with Crippen LogP contribution in [0.15, 0.2) is 24.3 Å². The van der Waals surface area contributed by atoms with Gasteiger partial charge in [0.2, 0.25) is 0 Å². The van der Waals surface area contributed by atoms with Crippen LogP contribution in [0.4, 0.5) is 10.5 Å². The van der Waals surface area contributed by atoms with Gasteiger partial charge in [0.05, 0.1) is 0 Å². The second kappa shape index (κ2) is 7.78. The first-order valence-corrected chi connectivity index (χ1v) is 7.89. The Morgan fingerprint density at radius 3 is 2.71 bits per heavy atom. The SMILES string of the molecule is O=C(O)COc1ccc(NC(=O)N2CCCSCC2)cc1. The van der Waals surface area contributed by atoms with E-state index in [2.05, 4.69) is 5.32 Å². The van der Waals surface area contributed by atoms with Gasteiger partial charge in [-0.05, 0) is 36.4 Å². The lowest BCUT2D eigenvalue weighted by atomic mass is 10.3. The Morgan fingerprint density at radius 2 is 2.00 bits per heavy atom. The number of hydrogen-bond acceptors (Lipinski definition) is 4. The zero-order valence-corrected chi connectivity index (χ0v) is 12.4. The van der Waals surface area contributed by atoms with Crippen LogP contribution in [-0.2, 0) is 4.79 Å². The second-order valence-corrected chi connectivity index (χ2v) is 5.81. The molecule has 7 heteroatoms. The first kappa shape index (κ1) is 15.5. The summed E-state index contributed by atoms with van der Waals surface area (Å²) in [5, 5.41) is 11.4. The monoisotopic (exact) mass is 310 g/mol. The largest absolute Gasteiger partial charge is 0.482 e. The summed E-state index contributed by atoms with van der Waals surface area (Å²) >= 11 is 1.87. The minimum absolute atomic E-state index is 0.100. The van der Waals surface area contributed by atoms with Crippen LogP contribution in [0.2, 0.25) is 0 Å². The van der Waals surface area contributed by atoms with Crippen molar-refractivity contribution in [3.63, 3.8) is 0 Å². The van der Waals surface area contributed by atoms with Crippen molar-refractivity contribution >= 4 is 29.4 Å². The highest BCUT2D eigenvalue weighted by molar-refractivity contribution is 7.99. The van der Waals surface area contributed by atoms with E-state index in [1.54, 1.807) is 24.3 Å². The van der Waals surface area contributed by atoms with Crippen molar-refractivity contribution < 1.29 is 19.4 Å². The molecule has 1 aliphatic rings. The number of nitrogens with one attached hydrogen (secondary N) is 1. The lowest BCUT2D eigenvalue weighted by molar-refractivity contribution is -0.139. The molecule has 6 nitrogen and oxygen atoms in total. The average Bonchev–Trinajstić information content (AvgIpc) is 2.75. The van der Waals surface area contributed by atoms with Crippen LogP contribution in [0.5, 0.6) is 5.75 Å². The number of urea groups is 1. The smallest absolute Gasteiger partial charge is 0.341 e. The fourth-order valence-corrected chi connectivity index (χ4v) is 2.82. The Kier molecular flexibility index (Phi) is 5.74. The third-order valence-electron chi connectivity index (χ3n) is 2.98. The van der Waals surface area contributed by atoms with Crippen LogP contribution in [0.3, 0.4) is 0 Å². The van der Waals surface area contributed by atoms with Crippen LogP contribution in [-0.4, -0.2) is 53.2 Å². The van der Waals surface area contributed by atoms with Crippen LogP contribution in [0.25, 0.3) is 0 Å². The fourth-order valence-electron chi connectivity index (χ4n) is 1.93. The van der Waals surface area contributed by atoms with Crippen molar-refractivity contribution in [1.29, 1.82) is 0 Å². The molecule has 0 saturated carbocycles. The highest BCUT2D eigenvalue weighted by Gasteiger charge is 2.15. The van der Waals surface area contributed by atoms with Gasteiger partial charge in [-0.2, -0.15) is 11.8 Å². The molecule has 2 N–H and O–H groups in total. The van der Waals surface area contributed by atoms with Gasteiger partial charge in [0.25, 0.3) is 0 Å². The molecule has 0 unspecified atom stereocenters. The number of anilines is 1. The van der Waals surface area contributed by atoms with E-state index in [1.165, 1.54) is 0 Å². The molecule has 0 aliphatic carbocycles. The predicted octanol–water partition coefficient (Wildman–Crippen LogP) is 2.12. The molecule has 0 atom stereocenters. The van der Waals surface area contributed by atoms with Crippen LogP contribution < -0.4 is 10.1 Å². The number of benzene rings is 1. The lowest BCUT2D eigenvalue weighted by Crippen LogP contribution is -2.36. The molecular weight excluding hydrogens is 292 g/mol. The topological polar surface area (TPSA) is 78.9 Å². The van der Waals surface area contributed by atoms with Crippen LogP contribution >= 0.6 is 11.8 Å². The van der Waals surface area contributed by atoms with E-state index in [0.29, 0.717) is 11.4 Å². The maximum absolute atomic E-state index is 12.1. The summed E-state index contributed by atoms with van der Waals surface area (Å²) in [4.78, 5) is 24.3. The van der Waals surface area contributed by atoms with Gasteiger partial charge >= 0.3 is 12.0 Å². The second-order valence-electron chi connectivity index (χ2n) is 4.59. The molecular formula is C14H18N2O4S. The Morgan fingerprint density at radius 1 is 1.24 bits per heavy atom. The molecule has 2 rings (SSSR count). The van der Waals surface area contributed by atoms with Gasteiger partial charge in [0.1, 0.15) is 5.75 Å². The molecule has 1 saturated heterocycles. The number of thioether (sulfide) groups is 1. The molecule has 1 aromatic carbocycles. The van der Waals surface area contributed by atoms with Crippen molar-refractivity contribution in [2.75, 3.05) is 36.5 Å². The molecule has 0 bridgehead atoms. The number of carboxylic acids is 1. The van der Waals surface area contributed by atoms with Gasteiger partial charge in [0, 0.05) is 24.5 Å². The van der Waals surface area contributed by atoms with Gasteiger partial charge in [-0.15, -0.1) is 0 Å². The number of hydrogen-bond donors (Lipinski definition) is 2. The summed E-state index contributed by atoms with van der Waals surface area (Å²) in [6.45, 7) is 1.16. The number of ether oxygens (including phenoxy) is 1. The summed E-state index contributed by atoms with van der Waals surface area (Å²) in [5.74, 6) is 1.50. The number of carbonyl (C=O) groups is 2. The van der Waals surface area contributed by atoms with Crippen molar-refractivity contribution in [1.82, 2.24) is 4.90 Å². The number of amides is 2. The maximum atomic E-state index is 12.1. The van der Waals surface area contributed by atoms with E-state index in [0.717, 1.165) is 31.0 Å². The van der Waals surface area contributed by atoms with E-state index in [1.807, 2.05) is 16.7 Å². The van der Waals surface area contributed by atoms with Gasteiger partial charge in [0.15, 0.2) is 6.61 Å². The molecule has 1 aliphatic heterocycles. The number of aliphatic carboxylic acids is 1. The lowest BCUT2D eigenvalue weighted by Gasteiger charge is -2.20. The van der Waals surface area contributed by atoms with E-state index in [9.17, 15) is 9.59 Å². The van der Waals surface area contributed by atoms with Crippen molar-refractivity contribution in [2.24, 2.45) is 0 Å². The number of rotatable bonds is 4. The van der Waals surface area contributed by atoms with E-state index < -0.39 is 5.97 Å². The van der Waals surface area contributed by atoms with Crippen molar-refractivity contribution in [3.8, 4) is 5.75 Å². The highest BCUT2D eigenvalue weighted by Crippen LogP contribution is 2.17. The van der Waals surface area contributed by atoms with E-state index >= 15 is 0 Å². The number of carbonyl (C=O) groups excluding carboxylic acids is 1. The minimum atomic E-state index is -1.02. The predicted molar refractivity (Wildman–Crippen MR) is 82.1 cm³/mol. The zero-order chi connectivity index (χ0) is 15.1. The molecule has 1 fully saturated rings. The van der Waals surface area contributed by atoms with Crippen molar-refractivity contribution in [3.05, 3.63) is 24.3 Å². The van der Waals surface area contributed by atoms with Gasteiger partial charge < -0.3 is 20.1 Å². The third-order valence-corrected chi connectivity index (χ3v) is 4.03. The average molecular weight is 310 g/mol. The normalized spacial score (nSPS) is 15.1. The summed E-state index contributed by atoms with van der Waals surface area (Å²) in [6.07, 6.45) is 1.01. The Balaban J connectivity index is 1.87. The van der Waals surface area contributed by atoms with E-state index in [-0.39, 0.29) is 12.6 Å². The molecule has 2 amide bonds. The molecule has 21 heavy (non-hydrogen) atoms. The molecule has 1 aromatic rings. The summed E-state index contributed by atoms with van der Waals surface area (Å²) in [6, 6.07) is 6.56. The first-order chi connectivity index (χ1) is 10.1. The molecule has 0 aromatic heterocycles. The first-order valence-electron chi connectivity index (χ1n) is 6.73. The van der Waals surface area contributed by atoms with Crippen LogP contribution in [0, 0.1) is 0 Å². The number of carboxylic acid groups (broad SMARTS) is 1. The van der Waals surface area contributed by atoms with Gasteiger partial charge in [-0.25, -0.2) is 9.59 Å². The van der Waals surface area contributed by atoms with Crippen molar-refractivity contribution in [2.45, 2.75) is 6.42 Å². The summed E-state index contributed by atoms with van der Waals surface area (Å²) in [7, 11) is 0. The van der Waals surface area contributed by atoms with Crippen LogP contribution in [0.1, 0.15) is 6.42 Å². The summed E-state index contributed by atoms with van der Waals surface area (Å²) < 4.78 is 5.03. The van der Waals surface area contributed by atoms with Gasteiger partial charge in [-0.3, -0.25) is 0 Å². The minimum Gasteiger partial charge on any atom is -0.482 e. The molecule has 114 valence electrons. The Hall–Kier alpha value is -1.89. The maximum Gasteiger partial charge on any atom is 0.341 e. The Bertz CT molecular complexity index is 484. The molecule has 0 radical (unpaired) electrons.